The molecule has 0 aliphatic carbocycles. The maximum absolute atomic E-state index is 12.5. The Morgan fingerprint density at radius 3 is 2.68 bits per heavy atom. The van der Waals surface area contributed by atoms with Gasteiger partial charge in [-0.25, -0.2) is 13.1 Å². The van der Waals surface area contributed by atoms with Gasteiger partial charge in [-0.15, -0.1) is 11.3 Å². The van der Waals surface area contributed by atoms with Crippen LogP contribution in [0.15, 0.2) is 29.3 Å². The summed E-state index contributed by atoms with van der Waals surface area (Å²) in [6.45, 7) is 0.412. The molecule has 0 aliphatic rings. The average molecular weight is 362 g/mol. The number of rotatable bonds is 5. The molecule has 1 amide bonds. The number of aryl methyl sites for hydroxylation is 1. The molecule has 2 rings (SSSR count). The van der Waals surface area contributed by atoms with Gasteiger partial charge in [0.15, 0.2) is 0 Å². The second kappa shape index (κ2) is 6.41. The molecule has 6 nitrogen and oxygen atoms in total. The minimum absolute atomic E-state index is 0.0634. The largest absolute Gasteiger partial charge is 0.345 e. The Balaban J connectivity index is 2.22. The number of carbonyl (C=O) groups excluding carboxylic acids is 1. The minimum atomic E-state index is -3.57. The molecule has 0 unspecified atom stereocenters. The summed E-state index contributed by atoms with van der Waals surface area (Å²) in [6, 6.07) is 5.00. The molecule has 0 fully saturated rings. The third-order valence-electron chi connectivity index (χ3n) is 3.15. The first-order valence-corrected chi connectivity index (χ1v) is 9.02. The zero-order valence-electron chi connectivity index (χ0n) is 12.3. The van der Waals surface area contributed by atoms with Crippen LogP contribution >= 0.6 is 22.9 Å². The van der Waals surface area contributed by atoms with E-state index in [9.17, 15) is 13.2 Å². The fraction of sp³-hybridized carbons (Fsp3) is 0.308. The van der Waals surface area contributed by atoms with Gasteiger partial charge in [0, 0.05) is 25.2 Å². The van der Waals surface area contributed by atoms with E-state index >= 15 is 0 Å². The normalized spacial score (nSPS) is 11.6. The Morgan fingerprint density at radius 1 is 1.45 bits per heavy atom. The maximum atomic E-state index is 12.5. The van der Waals surface area contributed by atoms with E-state index in [0.29, 0.717) is 16.6 Å². The monoisotopic (exact) mass is 361 g/mol. The SMILES string of the molecule is CNS(=O)(=O)c1cc(C(=O)N(C)Cc2ccc(Cl)s2)n(C)c1. The summed E-state index contributed by atoms with van der Waals surface area (Å²) in [7, 11) is 1.06. The Kier molecular flexibility index (Phi) is 4.96. The summed E-state index contributed by atoms with van der Waals surface area (Å²) in [5.74, 6) is -0.260. The van der Waals surface area contributed by atoms with Crippen molar-refractivity contribution in [2.45, 2.75) is 11.4 Å². The van der Waals surface area contributed by atoms with Gasteiger partial charge in [-0.1, -0.05) is 11.6 Å². The van der Waals surface area contributed by atoms with Crippen molar-refractivity contribution >= 4 is 38.9 Å². The molecule has 0 spiro atoms. The summed E-state index contributed by atoms with van der Waals surface area (Å²) < 4.78 is 28.0. The van der Waals surface area contributed by atoms with Crippen LogP contribution in [-0.4, -0.2) is 37.9 Å². The average Bonchev–Trinajstić information content (AvgIpc) is 3.04. The van der Waals surface area contributed by atoms with Crippen molar-refractivity contribution in [3.8, 4) is 0 Å². The number of aromatic nitrogens is 1. The van der Waals surface area contributed by atoms with E-state index in [1.165, 1.54) is 40.1 Å². The molecule has 120 valence electrons. The van der Waals surface area contributed by atoms with Crippen molar-refractivity contribution in [2.24, 2.45) is 7.05 Å². The van der Waals surface area contributed by atoms with Crippen LogP contribution < -0.4 is 4.72 Å². The lowest BCUT2D eigenvalue weighted by atomic mass is 10.3. The molecule has 22 heavy (non-hydrogen) atoms. The zero-order valence-corrected chi connectivity index (χ0v) is 14.7. The number of thiophene rings is 1. The molecule has 0 radical (unpaired) electrons. The van der Waals surface area contributed by atoms with Crippen LogP contribution in [-0.2, 0) is 23.6 Å². The fourth-order valence-corrected chi connectivity index (χ4v) is 3.89. The lowest BCUT2D eigenvalue weighted by Crippen LogP contribution is -2.27. The Morgan fingerprint density at radius 2 is 2.14 bits per heavy atom. The van der Waals surface area contributed by atoms with Crippen molar-refractivity contribution in [1.29, 1.82) is 0 Å². The van der Waals surface area contributed by atoms with Crippen LogP contribution in [0.2, 0.25) is 4.34 Å². The lowest BCUT2D eigenvalue weighted by Gasteiger charge is -2.16. The number of nitrogens with zero attached hydrogens (tertiary/aromatic N) is 2. The number of sulfonamides is 1. The quantitative estimate of drug-likeness (QED) is 0.884. The van der Waals surface area contributed by atoms with Crippen molar-refractivity contribution in [3.63, 3.8) is 0 Å². The Hall–Kier alpha value is -1.35. The maximum Gasteiger partial charge on any atom is 0.270 e. The van der Waals surface area contributed by atoms with Crippen LogP contribution in [0.25, 0.3) is 0 Å². The number of hydrogen-bond acceptors (Lipinski definition) is 4. The van der Waals surface area contributed by atoms with E-state index in [1.807, 2.05) is 6.07 Å². The fourth-order valence-electron chi connectivity index (χ4n) is 1.95. The van der Waals surface area contributed by atoms with E-state index in [2.05, 4.69) is 4.72 Å². The molecule has 0 bridgehead atoms. The first kappa shape index (κ1) is 17.0. The van der Waals surface area contributed by atoms with Gasteiger partial charge in [0.2, 0.25) is 10.0 Å². The predicted molar refractivity (Wildman–Crippen MR) is 86.8 cm³/mol. The highest BCUT2D eigenvalue weighted by molar-refractivity contribution is 7.89. The topological polar surface area (TPSA) is 71.4 Å². The number of halogens is 1. The molecule has 0 atom stereocenters. The number of carbonyl (C=O) groups is 1. The molecular weight excluding hydrogens is 346 g/mol. The minimum Gasteiger partial charge on any atom is -0.345 e. The van der Waals surface area contributed by atoms with Gasteiger partial charge < -0.3 is 9.47 Å². The van der Waals surface area contributed by atoms with Gasteiger partial charge >= 0.3 is 0 Å². The molecule has 2 aromatic heterocycles. The second-order valence-corrected chi connectivity index (χ2v) is 8.43. The van der Waals surface area contributed by atoms with Crippen molar-refractivity contribution in [2.75, 3.05) is 14.1 Å². The molecule has 2 aromatic rings. The summed E-state index contributed by atoms with van der Waals surface area (Å²) >= 11 is 7.28. The van der Waals surface area contributed by atoms with E-state index in [-0.39, 0.29) is 10.8 Å². The van der Waals surface area contributed by atoms with Gasteiger partial charge in [0.05, 0.1) is 10.9 Å². The molecule has 0 aliphatic heterocycles. The van der Waals surface area contributed by atoms with Crippen LogP contribution in [0.1, 0.15) is 15.4 Å². The molecule has 0 saturated heterocycles. The highest BCUT2D eigenvalue weighted by atomic mass is 35.5. The van der Waals surface area contributed by atoms with Crippen LogP contribution in [0.4, 0.5) is 0 Å². The van der Waals surface area contributed by atoms with Crippen LogP contribution in [0, 0.1) is 0 Å². The molecule has 2 heterocycles. The van der Waals surface area contributed by atoms with Crippen LogP contribution in [0.3, 0.4) is 0 Å². The van der Waals surface area contributed by atoms with Gasteiger partial charge in [-0.2, -0.15) is 0 Å². The van der Waals surface area contributed by atoms with E-state index < -0.39 is 10.0 Å². The summed E-state index contributed by atoms with van der Waals surface area (Å²) in [6.07, 6.45) is 1.41. The zero-order chi connectivity index (χ0) is 16.5. The number of amides is 1. The van der Waals surface area contributed by atoms with Crippen molar-refractivity contribution in [3.05, 3.63) is 39.3 Å². The van der Waals surface area contributed by atoms with Gasteiger partial charge in [0.1, 0.15) is 10.6 Å². The second-order valence-electron chi connectivity index (χ2n) is 4.75. The van der Waals surface area contributed by atoms with E-state index in [0.717, 1.165) is 4.88 Å². The van der Waals surface area contributed by atoms with E-state index in [4.69, 9.17) is 11.6 Å². The Bertz CT molecular complexity index is 795. The summed E-state index contributed by atoms with van der Waals surface area (Å²) in [4.78, 5) is 15.0. The first-order chi connectivity index (χ1) is 10.2. The van der Waals surface area contributed by atoms with Crippen LogP contribution in [0.5, 0.6) is 0 Å². The number of hydrogen-bond donors (Lipinski definition) is 1. The molecule has 1 N–H and O–H groups in total. The third-order valence-corrected chi connectivity index (χ3v) is 5.74. The van der Waals surface area contributed by atoms with Gasteiger partial charge in [-0.05, 0) is 25.2 Å². The summed E-state index contributed by atoms with van der Waals surface area (Å²) in [5, 5.41) is 0. The van der Waals surface area contributed by atoms with Crippen molar-refractivity contribution < 1.29 is 13.2 Å². The molecule has 0 saturated carbocycles. The molecular formula is C13H16ClN3O3S2. The highest BCUT2D eigenvalue weighted by Gasteiger charge is 2.21. The highest BCUT2D eigenvalue weighted by Crippen LogP contribution is 2.23. The third kappa shape index (κ3) is 3.52. The lowest BCUT2D eigenvalue weighted by molar-refractivity contribution is 0.0777. The smallest absolute Gasteiger partial charge is 0.270 e. The summed E-state index contributed by atoms with van der Waals surface area (Å²) in [5.41, 5.74) is 0.305. The molecule has 9 heteroatoms. The molecule has 0 aromatic carbocycles. The van der Waals surface area contributed by atoms with Crippen molar-refractivity contribution in [1.82, 2.24) is 14.2 Å². The Labute approximate surface area is 138 Å². The van der Waals surface area contributed by atoms with E-state index in [1.54, 1.807) is 20.2 Å². The predicted octanol–water partition coefficient (Wildman–Crippen LogP) is 1.92. The standard InChI is InChI=1S/C13H16ClN3O3S2/c1-15-22(19,20)10-6-11(16(2)8-10)13(18)17(3)7-9-4-5-12(14)21-9/h4-6,8,15H,7H2,1-3H3. The van der Waals surface area contributed by atoms with Gasteiger partial charge in [-0.3, -0.25) is 4.79 Å². The first-order valence-electron chi connectivity index (χ1n) is 6.34. The number of nitrogens with one attached hydrogen (secondary N) is 1. The van der Waals surface area contributed by atoms with Gasteiger partial charge in [0.25, 0.3) is 5.91 Å².